The molecule has 11 heavy (non-hydrogen) atoms. The van der Waals surface area contributed by atoms with Gasteiger partial charge in [0.25, 0.3) is 0 Å². The van der Waals surface area contributed by atoms with Gasteiger partial charge in [-0.3, -0.25) is 0 Å². The predicted octanol–water partition coefficient (Wildman–Crippen LogP) is -3.10. The van der Waals surface area contributed by atoms with Gasteiger partial charge in [-0.05, 0) is 0 Å². The minimum Gasteiger partial charge on any atom is -1.00 e. The molecule has 0 aliphatic rings. The number of aliphatic hydroxyl groups is 5. The van der Waals surface area contributed by atoms with E-state index in [-0.39, 0.29) is 40.6 Å². The zero-order valence-electron chi connectivity index (χ0n) is 8.09. The molecule has 0 bridgehead atoms. The summed E-state index contributed by atoms with van der Waals surface area (Å²) in [5, 5.41) is 42.6. The summed E-state index contributed by atoms with van der Waals surface area (Å²) in [5.41, 5.74) is 0. The van der Waals surface area contributed by atoms with Crippen LogP contribution in [0.5, 0.6) is 0 Å². The Labute approximate surface area is 97.3 Å². The Morgan fingerprint density at radius 3 is 1.36 bits per heavy atom. The SMILES string of the molecule is OCC(O)C(O)C(O)CO.[Ca+2].[H-].[H-]. The van der Waals surface area contributed by atoms with E-state index in [0.717, 1.165) is 0 Å². The van der Waals surface area contributed by atoms with E-state index in [9.17, 15) is 0 Å². The Morgan fingerprint density at radius 1 is 0.909 bits per heavy atom. The standard InChI is InChI=1S/C5H12O5.Ca.2H/c6-1-3(8)5(10)4(9)2-7;;;/h3-10H,1-2H2;;;/q;+2;2*-1. The van der Waals surface area contributed by atoms with Crippen molar-refractivity contribution in [2.75, 3.05) is 13.2 Å². The van der Waals surface area contributed by atoms with Crippen molar-refractivity contribution in [1.82, 2.24) is 0 Å². The molecule has 2 atom stereocenters. The summed E-state index contributed by atoms with van der Waals surface area (Å²) in [6.45, 7) is -1.28. The molecular formula is C5H14CaO5. The number of hydrogen-bond acceptors (Lipinski definition) is 5. The van der Waals surface area contributed by atoms with Gasteiger partial charge in [-0.1, -0.05) is 0 Å². The second kappa shape index (κ2) is 7.70. The van der Waals surface area contributed by atoms with Gasteiger partial charge in [-0.15, -0.1) is 0 Å². The Kier molecular flexibility index (Phi) is 10.2. The van der Waals surface area contributed by atoms with Gasteiger partial charge >= 0.3 is 37.7 Å². The van der Waals surface area contributed by atoms with E-state index in [2.05, 4.69) is 0 Å². The van der Waals surface area contributed by atoms with Gasteiger partial charge in [0.05, 0.1) is 13.2 Å². The van der Waals surface area contributed by atoms with E-state index in [0.29, 0.717) is 0 Å². The van der Waals surface area contributed by atoms with Crippen molar-refractivity contribution in [3.05, 3.63) is 0 Å². The second-order valence-electron chi connectivity index (χ2n) is 1.99. The van der Waals surface area contributed by atoms with E-state index in [4.69, 9.17) is 25.5 Å². The topological polar surface area (TPSA) is 101 Å². The molecule has 0 saturated heterocycles. The molecule has 2 unspecified atom stereocenters. The summed E-state index contributed by atoms with van der Waals surface area (Å²) >= 11 is 0. The summed E-state index contributed by atoms with van der Waals surface area (Å²) in [6, 6.07) is 0. The summed E-state index contributed by atoms with van der Waals surface area (Å²) in [5.74, 6) is 0. The van der Waals surface area contributed by atoms with Crippen LogP contribution in [0.15, 0.2) is 0 Å². The second-order valence-corrected chi connectivity index (χ2v) is 1.99. The Bertz CT molecular complexity index is 89.0. The molecule has 0 fully saturated rings. The zero-order chi connectivity index (χ0) is 8.15. The van der Waals surface area contributed by atoms with Gasteiger partial charge in [-0.25, -0.2) is 0 Å². The molecule has 0 saturated carbocycles. The van der Waals surface area contributed by atoms with Gasteiger partial charge < -0.3 is 28.4 Å². The monoisotopic (exact) mass is 194 g/mol. The largest absolute Gasteiger partial charge is 2.00 e. The first-order chi connectivity index (χ1) is 4.63. The summed E-state index contributed by atoms with van der Waals surface area (Å²) < 4.78 is 0. The fraction of sp³-hybridized carbons (Fsp3) is 1.00. The van der Waals surface area contributed by atoms with E-state index < -0.39 is 31.5 Å². The van der Waals surface area contributed by atoms with Crippen molar-refractivity contribution in [1.29, 1.82) is 0 Å². The van der Waals surface area contributed by atoms with E-state index >= 15 is 0 Å². The van der Waals surface area contributed by atoms with Crippen LogP contribution >= 0.6 is 0 Å². The minimum absolute atomic E-state index is 0. The molecule has 0 aromatic rings. The van der Waals surface area contributed by atoms with Crippen LogP contribution in [0.4, 0.5) is 0 Å². The predicted molar refractivity (Wildman–Crippen MR) is 40.2 cm³/mol. The molecule has 5 nitrogen and oxygen atoms in total. The molecule has 6 heteroatoms. The summed E-state index contributed by atoms with van der Waals surface area (Å²) in [7, 11) is 0. The maximum Gasteiger partial charge on any atom is 2.00 e. The molecule has 0 radical (unpaired) electrons. The third kappa shape index (κ3) is 5.32. The summed E-state index contributed by atoms with van der Waals surface area (Å²) in [6.07, 6.45) is -4.29. The molecule has 0 aromatic carbocycles. The van der Waals surface area contributed by atoms with E-state index in [1.54, 1.807) is 0 Å². The quantitative estimate of drug-likeness (QED) is 0.305. The van der Waals surface area contributed by atoms with Crippen LogP contribution in [-0.4, -0.2) is 94.8 Å². The maximum absolute atomic E-state index is 8.77. The first-order valence-corrected chi connectivity index (χ1v) is 2.89. The number of rotatable bonds is 4. The normalized spacial score (nSPS) is 18.3. The van der Waals surface area contributed by atoms with E-state index in [1.807, 2.05) is 0 Å². The van der Waals surface area contributed by atoms with Crippen LogP contribution in [0, 0.1) is 0 Å². The van der Waals surface area contributed by atoms with Gasteiger partial charge in [0, 0.05) is 0 Å². The molecule has 0 aromatic heterocycles. The van der Waals surface area contributed by atoms with Crippen molar-refractivity contribution < 1.29 is 28.4 Å². The third-order valence-electron chi connectivity index (χ3n) is 1.16. The van der Waals surface area contributed by atoms with Crippen LogP contribution < -0.4 is 0 Å². The molecule has 66 valence electrons. The van der Waals surface area contributed by atoms with Crippen LogP contribution in [-0.2, 0) is 0 Å². The van der Waals surface area contributed by atoms with Crippen molar-refractivity contribution in [3.63, 3.8) is 0 Å². The Balaban J connectivity index is -0.000000135. The van der Waals surface area contributed by atoms with Gasteiger partial charge in [0.2, 0.25) is 0 Å². The fourth-order valence-corrected chi connectivity index (χ4v) is 0.472. The number of hydrogen-bond donors (Lipinski definition) is 5. The van der Waals surface area contributed by atoms with Crippen LogP contribution in [0.1, 0.15) is 2.85 Å². The van der Waals surface area contributed by atoms with Crippen LogP contribution in [0.3, 0.4) is 0 Å². The van der Waals surface area contributed by atoms with Gasteiger partial charge in [0.15, 0.2) is 0 Å². The molecule has 0 rings (SSSR count). The van der Waals surface area contributed by atoms with Crippen LogP contribution in [0.2, 0.25) is 0 Å². The van der Waals surface area contributed by atoms with Crippen molar-refractivity contribution >= 4 is 37.7 Å². The minimum atomic E-state index is -1.49. The first-order valence-electron chi connectivity index (χ1n) is 2.89. The molecule has 0 amide bonds. The van der Waals surface area contributed by atoms with Crippen molar-refractivity contribution in [2.45, 2.75) is 18.3 Å². The van der Waals surface area contributed by atoms with Gasteiger partial charge in [0.1, 0.15) is 18.3 Å². The van der Waals surface area contributed by atoms with Crippen molar-refractivity contribution in [2.24, 2.45) is 0 Å². The Morgan fingerprint density at radius 2 is 1.18 bits per heavy atom. The molecule has 0 spiro atoms. The van der Waals surface area contributed by atoms with Gasteiger partial charge in [-0.2, -0.15) is 0 Å². The summed E-state index contributed by atoms with van der Waals surface area (Å²) in [4.78, 5) is 0. The average Bonchev–Trinajstić information content (AvgIpc) is 2.00. The third-order valence-corrected chi connectivity index (χ3v) is 1.16. The molecule has 0 heterocycles. The smallest absolute Gasteiger partial charge is 1.00 e. The average molecular weight is 194 g/mol. The zero-order valence-corrected chi connectivity index (χ0v) is 8.30. The molecular weight excluding hydrogens is 180 g/mol. The van der Waals surface area contributed by atoms with Crippen molar-refractivity contribution in [3.8, 4) is 0 Å². The van der Waals surface area contributed by atoms with E-state index in [1.165, 1.54) is 0 Å². The fourth-order valence-electron chi connectivity index (χ4n) is 0.472. The Hall–Kier alpha value is 1.06. The van der Waals surface area contributed by atoms with Crippen LogP contribution in [0.25, 0.3) is 0 Å². The molecule has 0 aliphatic carbocycles. The first kappa shape index (κ1) is 14.6. The molecule has 5 N–H and O–H groups in total. The molecule has 0 aliphatic heterocycles. The maximum atomic E-state index is 8.77. The number of aliphatic hydroxyl groups excluding tert-OH is 5.